The fraction of sp³-hybridized carbons (Fsp3) is 0.737. The summed E-state index contributed by atoms with van der Waals surface area (Å²) in [5, 5.41) is 0. The molecule has 1 aliphatic carbocycles. The first kappa shape index (κ1) is 20.5. The van der Waals surface area contributed by atoms with Gasteiger partial charge in [0.15, 0.2) is 0 Å². The fourth-order valence-electron chi connectivity index (χ4n) is 4.21. The monoisotopic (exact) mass is 398 g/mol. The lowest BCUT2D eigenvalue weighted by atomic mass is 9.94. The van der Waals surface area contributed by atoms with Gasteiger partial charge in [-0.15, -0.1) is 0 Å². The SMILES string of the molecule is COC1CCC(OC[C@H]2[C@@H](NS(C)(=O)=O)CCc3ccc(C)c(=O)n32)CC1. The second-order valence-electron chi connectivity index (χ2n) is 7.75. The molecule has 0 unspecified atom stereocenters. The second-order valence-corrected chi connectivity index (χ2v) is 9.53. The van der Waals surface area contributed by atoms with Gasteiger partial charge in [0.25, 0.3) is 5.56 Å². The lowest BCUT2D eigenvalue weighted by Crippen LogP contribution is -2.49. The minimum absolute atomic E-state index is 0.0656. The van der Waals surface area contributed by atoms with Crippen LogP contribution in [0.2, 0.25) is 0 Å². The molecule has 1 aromatic heterocycles. The minimum atomic E-state index is -3.37. The van der Waals surface area contributed by atoms with E-state index in [-0.39, 0.29) is 23.7 Å². The Balaban J connectivity index is 1.80. The largest absolute Gasteiger partial charge is 0.381 e. The van der Waals surface area contributed by atoms with Crippen LogP contribution in [0.25, 0.3) is 0 Å². The molecule has 0 spiro atoms. The van der Waals surface area contributed by atoms with Crippen molar-refractivity contribution in [2.75, 3.05) is 20.0 Å². The first-order chi connectivity index (χ1) is 12.8. The number of rotatable bonds is 6. The maximum Gasteiger partial charge on any atom is 0.254 e. The lowest BCUT2D eigenvalue weighted by molar-refractivity contribution is -0.0311. The van der Waals surface area contributed by atoms with Crippen molar-refractivity contribution in [3.8, 4) is 0 Å². The summed E-state index contributed by atoms with van der Waals surface area (Å²) in [5.74, 6) is 0. The van der Waals surface area contributed by atoms with Crippen molar-refractivity contribution in [2.45, 2.75) is 69.7 Å². The van der Waals surface area contributed by atoms with E-state index in [0.29, 0.717) is 31.1 Å². The molecule has 0 aromatic carbocycles. The van der Waals surface area contributed by atoms with E-state index in [1.165, 1.54) is 0 Å². The van der Waals surface area contributed by atoms with Crippen LogP contribution in [-0.4, -0.2) is 51.2 Å². The molecule has 3 rings (SSSR count). The van der Waals surface area contributed by atoms with Gasteiger partial charge in [-0.3, -0.25) is 4.79 Å². The zero-order valence-corrected chi connectivity index (χ0v) is 17.1. The van der Waals surface area contributed by atoms with Crippen molar-refractivity contribution < 1.29 is 17.9 Å². The fourth-order valence-corrected chi connectivity index (χ4v) is 5.03. The van der Waals surface area contributed by atoms with Gasteiger partial charge < -0.3 is 14.0 Å². The molecule has 2 atom stereocenters. The van der Waals surface area contributed by atoms with Crippen molar-refractivity contribution in [1.82, 2.24) is 9.29 Å². The highest BCUT2D eigenvalue weighted by Crippen LogP contribution is 2.28. The molecule has 2 heterocycles. The average molecular weight is 399 g/mol. The van der Waals surface area contributed by atoms with Gasteiger partial charge in [-0.25, -0.2) is 13.1 Å². The van der Waals surface area contributed by atoms with Crippen molar-refractivity contribution in [3.05, 3.63) is 33.7 Å². The maximum absolute atomic E-state index is 12.8. The van der Waals surface area contributed by atoms with Gasteiger partial charge in [0.1, 0.15) is 0 Å². The van der Waals surface area contributed by atoms with E-state index in [4.69, 9.17) is 9.47 Å². The number of fused-ring (bicyclic) bond motifs is 1. The van der Waals surface area contributed by atoms with E-state index in [0.717, 1.165) is 37.6 Å². The molecule has 2 aliphatic rings. The Labute approximate surface area is 161 Å². The molecule has 0 saturated heterocycles. The summed E-state index contributed by atoms with van der Waals surface area (Å²) >= 11 is 0. The van der Waals surface area contributed by atoms with Crippen molar-refractivity contribution in [2.24, 2.45) is 0 Å². The average Bonchev–Trinajstić information content (AvgIpc) is 2.63. The Morgan fingerprint density at radius 1 is 1.15 bits per heavy atom. The summed E-state index contributed by atoms with van der Waals surface area (Å²) in [6.07, 6.45) is 6.67. The third-order valence-electron chi connectivity index (χ3n) is 5.72. The third-order valence-corrected chi connectivity index (χ3v) is 6.45. The van der Waals surface area contributed by atoms with Crippen molar-refractivity contribution >= 4 is 10.0 Å². The van der Waals surface area contributed by atoms with Gasteiger partial charge >= 0.3 is 0 Å². The molecule has 0 amide bonds. The molecule has 7 nitrogen and oxygen atoms in total. The number of methoxy groups -OCH3 is 1. The minimum Gasteiger partial charge on any atom is -0.381 e. The van der Waals surface area contributed by atoms with Gasteiger partial charge in [-0.05, 0) is 51.5 Å². The number of nitrogens with zero attached hydrogens (tertiary/aromatic N) is 1. The standard InChI is InChI=1S/C19H30N2O5S/c1-13-4-5-14-6-11-17(20-27(3,23)24)18(21(14)19(13)22)12-26-16-9-7-15(25-2)8-10-16/h4-5,15-18,20H,6-12H2,1-3H3/t15?,16?,17-,18-/m0/s1. The topological polar surface area (TPSA) is 86.6 Å². The number of aryl methyl sites for hydroxylation is 2. The highest BCUT2D eigenvalue weighted by atomic mass is 32.2. The summed E-state index contributed by atoms with van der Waals surface area (Å²) in [6, 6.07) is 3.12. The molecule has 8 heteroatoms. The van der Waals surface area contributed by atoms with E-state index in [1.54, 1.807) is 18.6 Å². The van der Waals surface area contributed by atoms with Crippen LogP contribution >= 0.6 is 0 Å². The van der Waals surface area contributed by atoms with Gasteiger partial charge in [-0.2, -0.15) is 0 Å². The van der Waals surface area contributed by atoms with Crippen LogP contribution in [0.5, 0.6) is 0 Å². The van der Waals surface area contributed by atoms with Crippen LogP contribution in [-0.2, 0) is 25.9 Å². The van der Waals surface area contributed by atoms with Crippen LogP contribution in [0.15, 0.2) is 16.9 Å². The van der Waals surface area contributed by atoms with Crippen molar-refractivity contribution in [3.63, 3.8) is 0 Å². The van der Waals surface area contributed by atoms with Gasteiger partial charge in [0.2, 0.25) is 10.0 Å². The summed E-state index contributed by atoms with van der Waals surface area (Å²) in [5.41, 5.74) is 1.53. The van der Waals surface area contributed by atoms with Gasteiger partial charge in [0.05, 0.1) is 31.1 Å². The molecule has 1 aliphatic heterocycles. The van der Waals surface area contributed by atoms with Gasteiger partial charge in [0, 0.05) is 24.4 Å². The number of sulfonamides is 1. The summed E-state index contributed by atoms with van der Waals surface area (Å²) in [6.45, 7) is 2.11. The summed E-state index contributed by atoms with van der Waals surface area (Å²) in [7, 11) is -1.64. The van der Waals surface area contributed by atoms with Crippen LogP contribution in [0.1, 0.15) is 49.4 Å². The van der Waals surface area contributed by atoms with E-state index in [9.17, 15) is 13.2 Å². The number of hydrogen-bond acceptors (Lipinski definition) is 5. The van der Waals surface area contributed by atoms with Crippen LogP contribution < -0.4 is 10.3 Å². The molecule has 27 heavy (non-hydrogen) atoms. The quantitative estimate of drug-likeness (QED) is 0.785. The molecule has 0 radical (unpaired) electrons. The smallest absolute Gasteiger partial charge is 0.254 e. The normalized spacial score (nSPS) is 28.7. The first-order valence-corrected chi connectivity index (χ1v) is 11.5. The Kier molecular flexibility index (Phi) is 6.40. The van der Waals surface area contributed by atoms with E-state index < -0.39 is 10.0 Å². The number of aromatic nitrogens is 1. The number of nitrogens with one attached hydrogen (secondary N) is 1. The molecule has 1 fully saturated rings. The highest BCUT2D eigenvalue weighted by Gasteiger charge is 2.33. The zero-order valence-electron chi connectivity index (χ0n) is 16.3. The molecular weight excluding hydrogens is 368 g/mol. The second kappa shape index (κ2) is 8.43. The Hall–Kier alpha value is -1.22. The third kappa shape index (κ3) is 4.99. The lowest BCUT2D eigenvalue weighted by Gasteiger charge is -2.37. The molecule has 0 bridgehead atoms. The van der Waals surface area contributed by atoms with Crippen molar-refractivity contribution in [1.29, 1.82) is 0 Å². The van der Waals surface area contributed by atoms with E-state index in [1.807, 2.05) is 12.1 Å². The Bertz CT molecular complexity index is 812. The molecule has 152 valence electrons. The molecule has 1 N–H and O–H groups in total. The number of ether oxygens (including phenoxy) is 2. The first-order valence-electron chi connectivity index (χ1n) is 9.61. The molecular formula is C19H30N2O5S. The Morgan fingerprint density at radius 2 is 1.81 bits per heavy atom. The summed E-state index contributed by atoms with van der Waals surface area (Å²) in [4.78, 5) is 12.8. The van der Waals surface area contributed by atoms with E-state index >= 15 is 0 Å². The predicted molar refractivity (Wildman–Crippen MR) is 104 cm³/mol. The van der Waals surface area contributed by atoms with Crippen LogP contribution in [0, 0.1) is 6.92 Å². The van der Waals surface area contributed by atoms with Crippen LogP contribution in [0.3, 0.4) is 0 Å². The zero-order chi connectivity index (χ0) is 19.6. The number of pyridine rings is 1. The van der Waals surface area contributed by atoms with Gasteiger partial charge in [-0.1, -0.05) is 6.07 Å². The summed E-state index contributed by atoms with van der Waals surface area (Å²) < 4.78 is 39.7. The molecule has 1 aromatic rings. The van der Waals surface area contributed by atoms with Crippen LogP contribution in [0.4, 0.5) is 0 Å². The number of hydrogen-bond donors (Lipinski definition) is 1. The van der Waals surface area contributed by atoms with E-state index in [2.05, 4.69) is 4.72 Å². The highest BCUT2D eigenvalue weighted by molar-refractivity contribution is 7.88. The maximum atomic E-state index is 12.8. The predicted octanol–water partition coefficient (Wildman–Crippen LogP) is 1.54. The Morgan fingerprint density at radius 3 is 2.44 bits per heavy atom. The molecule has 1 saturated carbocycles.